The third kappa shape index (κ3) is 4.69. The van der Waals surface area contributed by atoms with Crippen LogP contribution in [0, 0.1) is 11.8 Å². The maximum Gasteiger partial charge on any atom is 0.339 e. The highest BCUT2D eigenvalue weighted by Gasteiger charge is 2.43. The van der Waals surface area contributed by atoms with Crippen LogP contribution in [0.4, 0.5) is 0 Å². The molecule has 1 aliphatic rings. The molecule has 0 saturated heterocycles. The monoisotopic (exact) mass is 354 g/mol. The van der Waals surface area contributed by atoms with Crippen LogP contribution in [-0.2, 0) is 19.3 Å². The van der Waals surface area contributed by atoms with Crippen molar-refractivity contribution in [3.63, 3.8) is 0 Å². The van der Waals surface area contributed by atoms with E-state index in [4.69, 9.17) is 9.63 Å². The second kappa shape index (κ2) is 7.38. The lowest BCUT2D eigenvalue weighted by Crippen LogP contribution is -2.42. The van der Waals surface area contributed by atoms with Crippen molar-refractivity contribution in [3.05, 3.63) is 35.9 Å². The molecule has 0 aromatic heterocycles. The molecule has 1 aromatic carbocycles. The van der Waals surface area contributed by atoms with Crippen LogP contribution in [0.25, 0.3) is 0 Å². The first-order chi connectivity index (χ1) is 11.1. The van der Waals surface area contributed by atoms with Gasteiger partial charge in [0.05, 0.1) is 6.10 Å². The lowest BCUT2D eigenvalue weighted by Gasteiger charge is -2.44. The first kappa shape index (κ1) is 19.2. The highest BCUT2D eigenvalue weighted by Crippen LogP contribution is 2.51. The summed E-state index contributed by atoms with van der Waals surface area (Å²) in [6.07, 6.45) is 1.33. The quantitative estimate of drug-likeness (QED) is 0.753. The van der Waals surface area contributed by atoms with E-state index in [-0.39, 0.29) is 11.3 Å². The van der Waals surface area contributed by atoms with E-state index in [0.29, 0.717) is 12.3 Å². The maximum absolute atomic E-state index is 12.2. The molecule has 5 nitrogen and oxygen atoms in total. The van der Waals surface area contributed by atoms with E-state index in [1.807, 2.05) is 18.2 Å². The predicted molar refractivity (Wildman–Crippen MR) is 93.2 cm³/mol. The molecular weight excluding hydrogens is 327 g/mol. The predicted octanol–water partition coefficient (Wildman–Crippen LogP) is 4.06. The SMILES string of the molecule is CC1CCC(C(C)(C)c2ccccc2)C(OP(=O)(O)CC(=O)O)C1. The molecule has 2 N–H and O–H groups in total. The molecule has 6 heteroatoms. The Kier molecular flexibility index (Phi) is 5.90. The van der Waals surface area contributed by atoms with Crippen molar-refractivity contribution in [2.24, 2.45) is 11.8 Å². The molecule has 1 saturated carbocycles. The normalized spacial score (nSPS) is 27.4. The smallest absolute Gasteiger partial charge is 0.339 e. The highest BCUT2D eigenvalue weighted by molar-refractivity contribution is 7.53. The van der Waals surface area contributed by atoms with Gasteiger partial charge in [0.25, 0.3) is 0 Å². The van der Waals surface area contributed by atoms with Crippen molar-refractivity contribution < 1.29 is 23.9 Å². The number of hydrogen-bond donors (Lipinski definition) is 2. The average Bonchev–Trinajstić information content (AvgIpc) is 2.46. The Bertz CT molecular complexity index is 613. The number of aliphatic carboxylic acids is 1. The summed E-state index contributed by atoms with van der Waals surface area (Å²) in [5, 5.41) is 8.82. The van der Waals surface area contributed by atoms with Gasteiger partial charge < -0.3 is 14.5 Å². The van der Waals surface area contributed by atoms with Crippen LogP contribution >= 0.6 is 7.60 Å². The fraction of sp³-hybridized carbons (Fsp3) is 0.611. The fourth-order valence-corrected chi connectivity index (χ4v) is 4.84. The van der Waals surface area contributed by atoms with E-state index in [9.17, 15) is 14.3 Å². The van der Waals surface area contributed by atoms with E-state index in [0.717, 1.165) is 18.4 Å². The van der Waals surface area contributed by atoms with Gasteiger partial charge in [-0.25, -0.2) is 0 Å². The third-order valence-corrected chi connectivity index (χ3v) is 6.40. The molecule has 0 heterocycles. The summed E-state index contributed by atoms with van der Waals surface area (Å²) >= 11 is 0. The van der Waals surface area contributed by atoms with Crippen LogP contribution in [0.3, 0.4) is 0 Å². The van der Waals surface area contributed by atoms with Gasteiger partial charge in [-0.1, -0.05) is 57.5 Å². The van der Waals surface area contributed by atoms with Crippen LogP contribution in [-0.4, -0.2) is 28.2 Å². The van der Waals surface area contributed by atoms with Gasteiger partial charge in [0.1, 0.15) is 6.16 Å². The van der Waals surface area contributed by atoms with E-state index in [1.54, 1.807) is 0 Å². The van der Waals surface area contributed by atoms with E-state index >= 15 is 0 Å². The molecule has 4 unspecified atom stereocenters. The van der Waals surface area contributed by atoms with E-state index in [1.165, 1.54) is 0 Å². The van der Waals surface area contributed by atoms with Gasteiger partial charge >= 0.3 is 13.6 Å². The zero-order chi connectivity index (χ0) is 18.0. The number of benzene rings is 1. The van der Waals surface area contributed by atoms with Crippen LogP contribution < -0.4 is 0 Å². The van der Waals surface area contributed by atoms with Crippen molar-refractivity contribution >= 4 is 13.6 Å². The molecule has 24 heavy (non-hydrogen) atoms. The first-order valence-corrected chi connectivity index (χ1v) is 10.2. The Morgan fingerprint density at radius 2 is 1.92 bits per heavy atom. The second-order valence-electron chi connectivity index (χ2n) is 7.45. The van der Waals surface area contributed by atoms with Crippen molar-refractivity contribution in [1.29, 1.82) is 0 Å². The van der Waals surface area contributed by atoms with Crippen LogP contribution in [0.2, 0.25) is 0 Å². The number of carboxylic acids is 1. The Labute approximate surface area is 143 Å². The van der Waals surface area contributed by atoms with E-state index < -0.39 is 25.8 Å². The van der Waals surface area contributed by atoms with Gasteiger partial charge in [0.2, 0.25) is 0 Å². The highest BCUT2D eigenvalue weighted by atomic mass is 31.2. The summed E-state index contributed by atoms with van der Waals surface area (Å²) < 4.78 is 17.7. The average molecular weight is 354 g/mol. The lowest BCUT2D eigenvalue weighted by atomic mass is 9.64. The van der Waals surface area contributed by atoms with Gasteiger partial charge in [-0.3, -0.25) is 9.36 Å². The fourth-order valence-electron chi connectivity index (χ4n) is 3.77. The number of hydrogen-bond acceptors (Lipinski definition) is 3. The maximum atomic E-state index is 12.2. The van der Waals surface area contributed by atoms with Crippen molar-refractivity contribution in [1.82, 2.24) is 0 Å². The topological polar surface area (TPSA) is 83.8 Å². The van der Waals surface area contributed by atoms with Gasteiger partial charge in [-0.2, -0.15) is 0 Å². The van der Waals surface area contributed by atoms with Crippen molar-refractivity contribution in [3.8, 4) is 0 Å². The molecule has 0 spiro atoms. The number of rotatable bonds is 6. The molecule has 0 radical (unpaired) electrons. The Hall–Kier alpha value is -1.16. The number of carbonyl (C=O) groups is 1. The molecule has 2 rings (SSSR count). The third-order valence-electron chi connectivity index (χ3n) is 5.13. The first-order valence-electron chi connectivity index (χ1n) is 8.39. The molecule has 0 aliphatic heterocycles. The summed E-state index contributed by atoms with van der Waals surface area (Å²) in [7, 11) is -4.14. The lowest BCUT2D eigenvalue weighted by molar-refractivity contribution is -0.134. The van der Waals surface area contributed by atoms with Crippen molar-refractivity contribution in [2.45, 2.75) is 51.6 Å². The molecule has 0 bridgehead atoms. The Morgan fingerprint density at radius 3 is 2.50 bits per heavy atom. The summed E-state index contributed by atoms with van der Waals surface area (Å²) in [6, 6.07) is 10.1. The molecule has 1 aliphatic carbocycles. The zero-order valence-electron chi connectivity index (χ0n) is 14.5. The van der Waals surface area contributed by atoms with Crippen molar-refractivity contribution in [2.75, 3.05) is 6.16 Å². The summed E-state index contributed by atoms with van der Waals surface area (Å²) in [4.78, 5) is 20.7. The molecule has 134 valence electrons. The minimum Gasteiger partial charge on any atom is -0.481 e. The van der Waals surface area contributed by atoms with Gasteiger partial charge in [-0.15, -0.1) is 0 Å². The molecular formula is C18H27O5P. The Balaban J connectivity index is 2.26. The van der Waals surface area contributed by atoms with Crippen LogP contribution in [0.1, 0.15) is 45.6 Å². The largest absolute Gasteiger partial charge is 0.481 e. The molecule has 4 atom stereocenters. The molecule has 0 amide bonds. The standard InChI is InChI=1S/C18H27O5P/c1-13-9-10-15(18(2,3)14-7-5-4-6-8-14)16(11-13)23-24(21,22)12-17(19)20/h4-8,13,15-16H,9-12H2,1-3H3,(H,19,20)(H,21,22). The summed E-state index contributed by atoms with van der Waals surface area (Å²) in [5.74, 6) is -0.864. The van der Waals surface area contributed by atoms with Crippen LogP contribution in [0.5, 0.6) is 0 Å². The number of carboxylic acid groups (broad SMARTS) is 1. The Morgan fingerprint density at radius 1 is 1.29 bits per heavy atom. The molecule has 1 aromatic rings. The second-order valence-corrected chi connectivity index (χ2v) is 9.25. The summed E-state index contributed by atoms with van der Waals surface area (Å²) in [6.45, 7) is 6.35. The van der Waals surface area contributed by atoms with Gasteiger partial charge in [-0.05, 0) is 35.7 Å². The minimum absolute atomic E-state index is 0.0605. The molecule has 1 fully saturated rings. The van der Waals surface area contributed by atoms with Crippen LogP contribution in [0.15, 0.2) is 30.3 Å². The van der Waals surface area contributed by atoms with E-state index in [2.05, 4.69) is 32.9 Å². The summed E-state index contributed by atoms with van der Waals surface area (Å²) in [5.41, 5.74) is 0.930. The van der Waals surface area contributed by atoms with Gasteiger partial charge in [0, 0.05) is 0 Å². The zero-order valence-corrected chi connectivity index (χ0v) is 15.4. The minimum atomic E-state index is -4.14. The van der Waals surface area contributed by atoms with Gasteiger partial charge in [0.15, 0.2) is 0 Å².